The molecule has 2 nitrogen and oxygen atoms in total. The second-order valence-electron chi connectivity index (χ2n) is 2.95. The van der Waals surface area contributed by atoms with Gasteiger partial charge in [-0.15, -0.1) is 0 Å². The third kappa shape index (κ3) is 4.80. The van der Waals surface area contributed by atoms with Crippen LogP contribution in [0.3, 0.4) is 0 Å². The maximum atomic E-state index is 8.69. The zero-order valence-electron chi connectivity index (χ0n) is 7.72. The average molecular weight is 154 g/mol. The Balaban J connectivity index is 3.61. The van der Waals surface area contributed by atoms with Crippen molar-refractivity contribution in [1.29, 1.82) is 5.26 Å². The summed E-state index contributed by atoms with van der Waals surface area (Å²) < 4.78 is 0. The SMILES string of the molecule is CCCC(C#N)NC(C)CC. The van der Waals surface area contributed by atoms with E-state index in [-0.39, 0.29) is 6.04 Å². The van der Waals surface area contributed by atoms with Gasteiger partial charge in [-0.2, -0.15) is 5.26 Å². The monoisotopic (exact) mass is 154 g/mol. The number of nitrogens with zero attached hydrogens (tertiary/aromatic N) is 1. The first-order valence-corrected chi connectivity index (χ1v) is 4.40. The maximum Gasteiger partial charge on any atom is 0.0954 e. The summed E-state index contributed by atoms with van der Waals surface area (Å²) in [6.45, 7) is 6.33. The molecule has 0 amide bonds. The molecular weight excluding hydrogens is 136 g/mol. The van der Waals surface area contributed by atoms with Crippen molar-refractivity contribution in [3.63, 3.8) is 0 Å². The molecule has 0 aromatic rings. The standard InChI is InChI=1S/C9H18N2/c1-4-6-9(7-10)11-8(3)5-2/h8-9,11H,4-6H2,1-3H3. The van der Waals surface area contributed by atoms with Crippen LogP contribution in [0.2, 0.25) is 0 Å². The predicted molar refractivity (Wildman–Crippen MR) is 47.2 cm³/mol. The van der Waals surface area contributed by atoms with Crippen molar-refractivity contribution < 1.29 is 0 Å². The lowest BCUT2D eigenvalue weighted by Gasteiger charge is -2.15. The molecule has 0 aromatic carbocycles. The maximum absolute atomic E-state index is 8.69. The molecule has 0 rings (SSSR count). The van der Waals surface area contributed by atoms with Crippen LogP contribution in [0.5, 0.6) is 0 Å². The highest BCUT2D eigenvalue weighted by Crippen LogP contribution is 1.98. The highest BCUT2D eigenvalue weighted by atomic mass is 14.9. The molecule has 0 aliphatic rings. The lowest BCUT2D eigenvalue weighted by molar-refractivity contribution is 0.469. The van der Waals surface area contributed by atoms with Crippen LogP contribution in [-0.2, 0) is 0 Å². The number of nitriles is 1. The van der Waals surface area contributed by atoms with Crippen LogP contribution >= 0.6 is 0 Å². The summed E-state index contributed by atoms with van der Waals surface area (Å²) in [5, 5.41) is 11.9. The Morgan fingerprint density at radius 2 is 2.09 bits per heavy atom. The first-order chi connectivity index (χ1) is 5.24. The van der Waals surface area contributed by atoms with Crippen LogP contribution < -0.4 is 5.32 Å². The van der Waals surface area contributed by atoms with Crippen LogP contribution in [0.1, 0.15) is 40.0 Å². The fourth-order valence-electron chi connectivity index (χ4n) is 0.935. The smallest absolute Gasteiger partial charge is 0.0954 e. The summed E-state index contributed by atoms with van der Waals surface area (Å²) in [5.74, 6) is 0. The van der Waals surface area contributed by atoms with E-state index in [1.54, 1.807) is 0 Å². The van der Waals surface area contributed by atoms with Crippen LogP contribution in [0.25, 0.3) is 0 Å². The normalized spacial score (nSPS) is 15.5. The molecule has 0 fully saturated rings. The second-order valence-corrected chi connectivity index (χ2v) is 2.95. The molecule has 0 bridgehead atoms. The Kier molecular flexibility index (Phi) is 5.87. The third-order valence-corrected chi connectivity index (χ3v) is 1.83. The molecule has 11 heavy (non-hydrogen) atoms. The van der Waals surface area contributed by atoms with Gasteiger partial charge in [0, 0.05) is 6.04 Å². The highest BCUT2D eigenvalue weighted by molar-refractivity contribution is 4.90. The number of rotatable bonds is 5. The van der Waals surface area contributed by atoms with Crippen LogP contribution in [-0.4, -0.2) is 12.1 Å². The molecule has 0 aromatic heterocycles. The van der Waals surface area contributed by atoms with Gasteiger partial charge in [0.1, 0.15) is 0 Å². The number of nitrogens with one attached hydrogen (secondary N) is 1. The van der Waals surface area contributed by atoms with Gasteiger partial charge in [0.25, 0.3) is 0 Å². The van der Waals surface area contributed by atoms with E-state index >= 15 is 0 Å². The minimum Gasteiger partial charge on any atom is -0.299 e. The van der Waals surface area contributed by atoms with Gasteiger partial charge in [-0.25, -0.2) is 0 Å². The van der Waals surface area contributed by atoms with Crippen LogP contribution in [0.4, 0.5) is 0 Å². The minimum absolute atomic E-state index is 0.0509. The van der Waals surface area contributed by atoms with E-state index in [9.17, 15) is 0 Å². The summed E-state index contributed by atoms with van der Waals surface area (Å²) >= 11 is 0. The lowest BCUT2D eigenvalue weighted by atomic mass is 10.1. The highest BCUT2D eigenvalue weighted by Gasteiger charge is 2.07. The van der Waals surface area contributed by atoms with Crippen molar-refractivity contribution in [2.75, 3.05) is 0 Å². The summed E-state index contributed by atoms with van der Waals surface area (Å²) in [6, 6.07) is 2.77. The summed E-state index contributed by atoms with van der Waals surface area (Å²) in [7, 11) is 0. The topological polar surface area (TPSA) is 35.8 Å². The third-order valence-electron chi connectivity index (χ3n) is 1.83. The zero-order valence-corrected chi connectivity index (χ0v) is 7.72. The fourth-order valence-corrected chi connectivity index (χ4v) is 0.935. The van der Waals surface area contributed by atoms with E-state index in [0.29, 0.717) is 6.04 Å². The van der Waals surface area contributed by atoms with E-state index in [1.807, 2.05) is 0 Å². The molecule has 0 heterocycles. The quantitative estimate of drug-likeness (QED) is 0.658. The molecule has 2 heteroatoms. The minimum atomic E-state index is 0.0509. The molecule has 0 aliphatic carbocycles. The van der Waals surface area contributed by atoms with Gasteiger partial charge in [-0.05, 0) is 19.8 Å². The van der Waals surface area contributed by atoms with Crippen LogP contribution in [0.15, 0.2) is 0 Å². The van der Waals surface area contributed by atoms with Gasteiger partial charge >= 0.3 is 0 Å². The summed E-state index contributed by atoms with van der Waals surface area (Å²) in [4.78, 5) is 0. The molecule has 0 aliphatic heterocycles. The van der Waals surface area contributed by atoms with E-state index in [4.69, 9.17) is 5.26 Å². The van der Waals surface area contributed by atoms with Crippen molar-refractivity contribution in [2.24, 2.45) is 0 Å². The molecule has 64 valence electrons. The van der Waals surface area contributed by atoms with E-state index in [0.717, 1.165) is 19.3 Å². The van der Waals surface area contributed by atoms with Gasteiger partial charge in [-0.3, -0.25) is 5.32 Å². The Morgan fingerprint density at radius 3 is 2.45 bits per heavy atom. The molecule has 0 saturated heterocycles. The Labute approximate surface area is 69.6 Å². The molecule has 1 N–H and O–H groups in total. The van der Waals surface area contributed by atoms with Crippen LogP contribution in [0, 0.1) is 11.3 Å². The summed E-state index contributed by atoms with van der Waals surface area (Å²) in [5.41, 5.74) is 0. The van der Waals surface area contributed by atoms with Gasteiger partial charge in [-0.1, -0.05) is 20.3 Å². The summed E-state index contributed by atoms with van der Waals surface area (Å²) in [6.07, 6.45) is 3.12. The van der Waals surface area contributed by atoms with Crippen molar-refractivity contribution >= 4 is 0 Å². The van der Waals surface area contributed by atoms with Gasteiger partial charge in [0.05, 0.1) is 12.1 Å². The largest absolute Gasteiger partial charge is 0.299 e. The van der Waals surface area contributed by atoms with Gasteiger partial charge in [0.15, 0.2) is 0 Å². The lowest BCUT2D eigenvalue weighted by Crippen LogP contribution is -2.34. The van der Waals surface area contributed by atoms with Crippen molar-refractivity contribution in [2.45, 2.75) is 52.1 Å². The van der Waals surface area contributed by atoms with Crippen molar-refractivity contribution in [3.05, 3.63) is 0 Å². The van der Waals surface area contributed by atoms with E-state index < -0.39 is 0 Å². The number of hydrogen-bond donors (Lipinski definition) is 1. The molecule has 0 spiro atoms. The van der Waals surface area contributed by atoms with Crippen molar-refractivity contribution in [3.8, 4) is 6.07 Å². The second kappa shape index (κ2) is 6.18. The number of hydrogen-bond acceptors (Lipinski definition) is 2. The zero-order chi connectivity index (χ0) is 8.69. The Bertz CT molecular complexity index is 126. The molecule has 0 radical (unpaired) electrons. The van der Waals surface area contributed by atoms with E-state index in [1.165, 1.54) is 0 Å². The Morgan fingerprint density at radius 1 is 1.45 bits per heavy atom. The first kappa shape index (κ1) is 10.4. The molecule has 2 unspecified atom stereocenters. The van der Waals surface area contributed by atoms with Crippen molar-refractivity contribution in [1.82, 2.24) is 5.32 Å². The van der Waals surface area contributed by atoms with E-state index in [2.05, 4.69) is 32.2 Å². The molecule has 2 atom stereocenters. The average Bonchev–Trinajstić information content (AvgIpc) is 2.03. The Hall–Kier alpha value is -0.550. The van der Waals surface area contributed by atoms with Gasteiger partial charge in [0.2, 0.25) is 0 Å². The predicted octanol–water partition coefficient (Wildman–Crippen LogP) is 2.07. The molecule has 0 saturated carbocycles. The fraction of sp³-hybridized carbons (Fsp3) is 0.889. The molecular formula is C9H18N2. The first-order valence-electron chi connectivity index (χ1n) is 4.40. The van der Waals surface area contributed by atoms with Gasteiger partial charge < -0.3 is 0 Å².